The molecule has 1 aromatic rings. The molecule has 4 N–H and O–H groups in total. The molecule has 0 aliphatic heterocycles. The number of hydrogen-bond acceptors (Lipinski definition) is 5. The van der Waals surface area contributed by atoms with Crippen molar-refractivity contribution in [1.82, 2.24) is 0 Å². The normalized spacial score (nSPS) is 10.1. The minimum absolute atomic E-state index is 0.0477. The predicted octanol–water partition coefficient (Wildman–Crippen LogP) is 0.698. The fourth-order valence-electron chi connectivity index (χ4n) is 1.28. The van der Waals surface area contributed by atoms with Crippen molar-refractivity contribution in [3.05, 3.63) is 18.2 Å². The Morgan fingerprint density at radius 3 is 2.81 bits per heavy atom. The summed E-state index contributed by atoms with van der Waals surface area (Å²) in [4.78, 5) is 0. The molecular formula is C11H18N2O3. The van der Waals surface area contributed by atoms with E-state index >= 15 is 0 Å². The lowest BCUT2D eigenvalue weighted by Gasteiger charge is -2.09. The van der Waals surface area contributed by atoms with E-state index in [-0.39, 0.29) is 6.61 Å². The van der Waals surface area contributed by atoms with Gasteiger partial charge in [0.2, 0.25) is 0 Å². The minimum atomic E-state index is 0.0477. The summed E-state index contributed by atoms with van der Waals surface area (Å²) in [6.07, 6.45) is 0. The third-order valence-corrected chi connectivity index (χ3v) is 1.98. The first-order valence-corrected chi connectivity index (χ1v) is 5.13. The van der Waals surface area contributed by atoms with Crippen molar-refractivity contribution in [2.24, 2.45) is 0 Å². The molecule has 0 aromatic heterocycles. The van der Waals surface area contributed by atoms with Crippen LogP contribution in [0.3, 0.4) is 0 Å². The third-order valence-electron chi connectivity index (χ3n) is 1.98. The van der Waals surface area contributed by atoms with E-state index in [1.807, 2.05) is 12.1 Å². The summed E-state index contributed by atoms with van der Waals surface area (Å²) in [6, 6.07) is 5.45. The van der Waals surface area contributed by atoms with Gasteiger partial charge in [-0.1, -0.05) is 0 Å². The molecule has 0 spiro atoms. The average Bonchev–Trinajstić information content (AvgIpc) is 2.28. The summed E-state index contributed by atoms with van der Waals surface area (Å²) < 4.78 is 10.2. The second kappa shape index (κ2) is 6.92. The Labute approximate surface area is 95.2 Å². The van der Waals surface area contributed by atoms with E-state index in [2.05, 4.69) is 5.32 Å². The summed E-state index contributed by atoms with van der Waals surface area (Å²) in [5, 5.41) is 11.7. The van der Waals surface area contributed by atoms with Gasteiger partial charge in [0.15, 0.2) is 0 Å². The summed E-state index contributed by atoms with van der Waals surface area (Å²) >= 11 is 0. The number of nitrogen functional groups attached to an aromatic ring is 1. The number of nitrogens with two attached hydrogens (primary N) is 1. The molecule has 90 valence electrons. The van der Waals surface area contributed by atoms with Crippen molar-refractivity contribution in [3.8, 4) is 5.75 Å². The van der Waals surface area contributed by atoms with E-state index < -0.39 is 0 Å². The summed E-state index contributed by atoms with van der Waals surface area (Å²) in [5.74, 6) is 0.721. The fraction of sp³-hybridized carbons (Fsp3) is 0.455. The lowest BCUT2D eigenvalue weighted by Crippen LogP contribution is -2.11. The third kappa shape index (κ3) is 4.37. The molecule has 5 heteroatoms. The molecule has 0 bridgehead atoms. The number of nitrogens with one attached hydrogen (secondary N) is 1. The maximum absolute atomic E-state index is 8.51. The molecule has 0 saturated carbocycles. The first-order chi connectivity index (χ1) is 7.76. The van der Waals surface area contributed by atoms with Gasteiger partial charge in [-0.05, 0) is 6.07 Å². The highest BCUT2D eigenvalue weighted by Gasteiger charge is 1.98. The van der Waals surface area contributed by atoms with Gasteiger partial charge in [-0.3, -0.25) is 0 Å². The van der Waals surface area contributed by atoms with Gasteiger partial charge in [0.05, 0.1) is 26.9 Å². The number of methoxy groups -OCH3 is 1. The Balaban J connectivity index is 2.38. The van der Waals surface area contributed by atoms with Crippen molar-refractivity contribution < 1.29 is 14.6 Å². The van der Waals surface area contributed by atoms with Gasteiger partial charge in [0, 0.05) is 30.1 Å². The van der Waals surface area contributed by atoms with Gasteiger partial charge in [-0.15, -0.1) is 0 Å². The Morgan fingerprint density at radius 1 is 1.31 bits per heavy atom. The van der Waals surface area contributed by atoms with Gasteiger partial charge >= 0.3 is 0 Å². The first-order valence-electron chi connectivity index (χ1n) is 5.13. The average molecular weight is 226 g/mol. The maximum atomic E-state index is 8.51. The first kappa shape index (κ1) is 12.6. The zero-order valence-corrected chi connectivity index (χ0v) is 9.40. The Morgan fingerprint density at radius 2 is 2.12 bits per heavy atom. The molecule has 0 amide bonds. The molecule has 16 heavy (non-hydrogen) atoms. The molecule has 1 rings (SSSR count). The van der Waals surface area contributed by atoms with Crippen LogP contribution >= 0.6 is 0 Å². The van der Waals surface area contributed by atoms with Crippen LogP contribution in [0.25, 0.3) is 0 Å². The van der Waals surface area contributed by atoms with Crippen molar-refractivity contribution in [2.45, 2.75) is 0 Å². The Kier molecular flexibility index (Phi) is 5.45. The molecule has 0 saturated heterocycles. The van der Waals surface area contributed by atoms with Crippen molar-refractivity contribution >= 4 is 11.4 Å². The molecule has 5 nitrogen and oxygen atoms in total. The van der Waals surface area contributed by atoms with Crippen LogP contribution in [0.1, 0.15) is 0 Å². The fourth-order valence-corrected chi connectivity index (χ4v) is 1.28. The van der Waals surface area contributed by atoms with Crippen LogP contribution < -0.4 is 15.8 Å². The lowest BCUT2D eigenvalue weighted by molar-refractivity contribution is 0.0992. The standard InChI is InChI=1S/C11H18N2O3/c1-15-11-7-9(12)6-10(8-11)13-2-4-16-5-3-14/h6-8,13-14H,2-5,12H2,1H3. The van der Waals surface area contributed by atoms with Crippen LogP contribution in [-0.2, 0) is 4.74 Å². The van der Waals surface area contributed by atoms with Gasteiger partial charge in [0.25, 0.3) is 0 Å². The van der Waals surface area contributed by atoms with Gasteiger partial charge in [-0.2, -0.15) is 0 Å². The second-order valence-electron chi connectivity index (χ2n) is 3.26. The van der Waals surface area contributed by atoms with Crippen LogP contribution in [0.5, 0.6) is 5.75 Å². The predicted molar refractivity (Wildman–Crippen MR) is 63.8 cm³/mol. The van der Waals surface area contributed by atoms with Crippen LogP contribution in [0.15, 0.2) is 18.2 Å². The number of aliphatic hydroxyl groups excluding tert-OH is 1. The number of benzene rings is 1. The smallest absolute Gasteiger partial charge is 0.122 e. The topological polar surface area (TPSA) is 76.7 Å². The van der Waals surface area contributed by atoms with Crippen molar-refractivity contribution in [1.29, 1.82) is 0 Å². The largest absolute Gasteiger partial charge is 0.497 e. The highest BCUT2D eigenvalue weighted by atomic mass is 16.5. The highest BCUT2D eigenvalue weighted by Crippen LogP contribution is 2.21. The number of anilines is 2. The summed E-state index contributed by atoms with van der Waals surface area (Å²) in [6.45, 7) is 1.61. The quantitative estimate of drug-likeness (QED) is 0.471. The molecule has 0 aliphatic rings. The van der Waals surface area contributed by atoms with Gasteiger partial charge < -0.3 is 25.6 Å². The molecule has 0 heterocycles. The minimum Gasteiger partial charge on any atom is -0.497 e. The van der Waals surface area contributed by atoms with Crippen LogP contribution in [0.4, 0.5) is 11.4 Å². The van der Waals surface area contributed by atoms with E-state index in [1.54, 1.807) is 13.2 Å². The molecule has 0 fully saturated rings. The van der Waals surface area contributed by atoms with Crippen molar-refractivity contribution in [2.75, 3.05) is 44.5 Å². The SMILES string of the molecule is COc1cc(N)cc(NCCOCCO)c1. The van der Waals surface area contributed by atoms with E-state index in [0.29, 0.717) is 25.4 Å². The molecule has 0 aliphatic carbocycles. The van der Waals surface area contributed by atoms with Crippen LogP contribution in [0.2, 0.25) is 0 Å². The van der Waals surface area contributed by atoms with Gasteiger partial charge in [-0.25, -0.2) is 0 Å². The maximum Gasteiger partial charge on any atom is 0.122 e. The van der Waals surface area contributed by atoms with Crippen LogP contribution in [0, 0.1) is 0 Å². The molecular weight excluding hydrogens is 208 g/mol. The van der Waals surface area contributed by atoms with Crippen molar-refractivity contribution in [3.63, 3.8) is 0 Å². The van der Waals surface area contributed by atoms with E-state index in [9.17, 15) is 0 Å². The highest BCUT2D eigenvalue weighted by molar-refractivity contribution is 5.59. The Hall–Kier alpha value is -1.46. The molecule has 0 radical (unpaired) electrons. The zero-order chi connectivity index (χ0) is 11.8. The monoisotopic (exact) mass is 226 g/mol. The van der Waals surface area contributed by atoms with Crippen LogP contribution in [-0.4, -0.2) is 38.6 Å². The Bertz CT molecular complexity index is 318. The summed E-state index contributed by atoms with van der Waals surface area (Å²) in [7, 11) is 1.60. The number of hydrogen-bond donors (Lipinski definition) is 3. The molecule has 1 aromatic carbocycles. The molecule has 0 unspecified atom stereocenters. The van der Waals surface area contributed by atoms with Gasteiger partial charge in [0.1, 0.15) is 5.75 Å². The zero-order valence-electron chi connectivity index (χ0n) is 9.40. The number of ether oxygens (including phenoxy) is 2. The van der Waals surface area contributed by atoms with E-state index in [4.69, 9.17) is 20.3 Å². The number of rotatable bonds is 7. The van der Waals surface area contributed by atoms with E-state index in [0.717, 1.165) is 11.4 Å². The van der Waals surface area contributed by atoms with E-state index in [1.165, 1.54) is 0 Å². The second-order valence-corrected chi connectivity index (χ2v) is 3.26. The summed E-state index contributed by atoms with van der Waals surface area (Å²) in [5.41, 5.74) is 7.25. The lowest BCUT2D eigenvalue weighted by atomic mass is 10.2. The number of aliphatic hydroxyl groups is 1. The molecule has 0 atom stereocenters.